The molecule has 20 nitrogen and oxygen atoms in total. The number of anilines is 2. The first-order valence-electron chi connectivity index (χ1n) is 39.0. The van der Waals surface area contributed by atoms with Gasteiger partial charge in [-0.15, -0.1) is 0 Å². The van der Waals surface area contributed by atoms with Crippen molar-refractivity contribution in [1.82, 2.24) is 44.6 Å². The van der Waals surface area contributed by atoms with Crippen LogP contribution in [0, 0.1) is 30.8 Å². The maximum atomic E-state index is 14.5. The first kappa shape index (κ1) is 76.8. The Labute approximate surface area is 636 Å². The van der Waals surface area contributed by atoms with E-state index in [2.05, 4.69) is 84.6 Å². The summed E-state index contributed by atoms with van der Waals surface area (Å²) in [5.74, 6) is 2.34. The minimum atomic E-state index is -4.47. The molecule has 5 saturated heterocycles. The highest BCUT2D eigenvalue weighted by Gasteiger charge is 2.40. The lowest BCUT2D eigenvalue weighted by atomic mass is 9.78. The van der Waals surface area contributed by atoms with Crippen molar-refractivity contribution in [2.24, 2.45) is 11.8 Å². The van der Waals surface area contributed by atoms with Crippen molar-refractivity contribution in [3.05, 3.63) is 180 Å². The number of halogens is 5. The number of alkyl halides is 3. The summed E-state index contributed by atoms with van der Waals surface area (Å²) in [4.78, 5) is 47.7. The number of likely N-dealkylation sites (N-methyl/N-ethyl adjacent to an activating group) is 3. The van der Waals surface area contributed by atoms with Crippen LogP contribution in [0.15, 0.2) is 84.9 Å². The number of ether oxygens (including phenoxy) is 6. The van der Waals surface area contributed by atoms with Crippen molar-refractivity contribution in [2.45, 2.75) is 190 Å². The van der Waals surface area contributed by atoms with Gasteiger partial charge in [0.1, 0.15) is 37.3 Å². The molecule has 9 aliphatic rings. The van der Waals surface area contributed by atoms with E-state index in [4.69, 9.17) is 78.1 Å². The van der Waals surface area contributed by atoms with Crippen LogP contribution in [-0.4, -0.2) is 174 Å². The number of aliphatic hydroxyl groups excluding tert-OH is 1. The van der Waals surface area contributed by atoms with Crippen molar-refractivity contribution in [2.75, 3.05) is 110 Å². The van der Waals surface area contributed by atoms with Crippen molar-refractivity contribution < 1.29 is 51.1 Å². The average Bonchev–Trinajstić information content (AvgIpc) is 1.36. The molecule has 25 heteroatoms. The van der Waals surface area contributed by atoms with Crippen molar-refractivity contribution in [1.29, 1.82) is 0 Å². The molecule has 1 aliphatic carbocycles. The molecule has 11 heterocycles. The molecule has 3 aromatic heterocycles. The van der Waals surface area contributed by atoms with E-state index >= 15 is 0 Å². The Morgan fingerprint density at radius 2 is 1.04 bits per heavy atom. The average molecular weight is 1500 g/mol. The molecule has 4 aromatic carbocycles. The van der Waals surface area contributed by atoms with Crippen molar-refractivity contribution >= 4 is 34.0 Å². The van der Waals surface area contributed by atoms with Crippen molar-refractivity contribution in [3.63, 3.8) is 0 Å². The highest BCUT2D eigenvalue weighted by molar-refractivity contribution is 6.35. The van der Waals surface area contributed by atoms with Gasteiger partial charge in [0.15, 0.2) is 0 Å². The summed E-state index contributed by atoms with van der Waals surface area (Å²) >= 11 is 6.66. The largest absolute Gasteiger partial charge is 0.462 e. The molecule has 1 saturated carbocycles. The van der Waals surface area contributed by atoms with Gasteiger partial charge >= 0.3 is 24.2 Å². The summed E-state index contributed by atoms with van der Waals surface area (Å²) in [6.45, 7) is 24.0. The predicted octanol–water partition coefficient (Wildman–Crippen LogP) is 14.9. The van der Waals surface area contributed by atoms with Gasteiger partial charge in [-0.05, 0) is 165 Å². The van der Waals surface area contributed by atoms with Gasteiger partial charge in [-0.2, -0.15) is 43.1 Å². The van der Waals surface area contributed by atoms with E-state index in [9.17, 15) is 22.7 Å². The van der Waals surface area contributed by atoms with Crippen LogP contribution >= 0.6 is 11.6 Å². The fourth-order valence-electron chi connectivity index (χ4n) is 17.6. The molecule has 7 aromatic rings. The second-order valence-corrected chi connectivity index (χ2v) is 31.2. The fraction of sp³-hybridized carbons (Fsp3) is 0.566. The van der Waals surface area contributed by atoms with Crippen LogP contribution < -0.4 is 24.0 Å². The van der Waals surface area contributed by atoms with Gasteiger partial charge in [0.2, 0.25) is 13.1 Å². The van der Waals surface area contributed by atoms with E-state index in [1.165, 1.54) is 31.0 Å². The molecule has 108 heavy (non-hydrogen) atoms. The maximum Gasteiger partial charge on any atom is 0.416 e. The first-order chi connectivity index (χ1) is 52.6. The normalized spacial score (nSPS) is 25.3. The number of aromatic nitrogens is 6. The van der Waals surface area contributed by atoms with Crippen LogP contribution in [0.2, 0.25) is 5.02 Å². The number of hydrogen-bond acceptors (Lipinski definition) is 18. The number of benzene rings is 4. The zero-order valence-electron chi connectivity index (χ0n) is 62.3. The first-order valence-corrected chi connectivity index (χ1v) is 39.3. The molecule has 0 spiro atoms. The summed E-state index contributed by atoms with van der Waals surface area (Å²) in [6.07, 6.45) is 11.6. The number of fused-ring (bicyclic) bond motifs is 4. The van der Waals surface area contributed by atoms with Gasteiger partial charge in [-0.3, -0.25) is 0 Å². The van der Waals surface area contributed by atoms with Crippen LogP contribution in [0.5, 0.6) is 18.0 Å². The summed E-state index contributed by atoms with van der Waals surface area (Å²) in [5, 5.41) is 12.9. The van der Waals surface area contributed by atoms with Gasteiger partial charge in [-0.25, -0.2) is 17.5 Å². The third kappa shape index (κ3) is 17.9. The Morgan fingerprint density at radius 1 is 0.528 bits per heavy atom. The highest BCUT2D eigenvalue weighted by atomic mass is 35.5. The lowest BCUT2D eigenvalue weighted by molar-refractivity contribution is -0.139. The Hall–Kier alpha value is -7.91. The van der Waals surface area contributed by atoms with E-state index < -0.39 is 17.8 Å². The molecule has 574 valence electrons. The number of aliphatic hydroxyl groups is 1. The molecule has 1 N–H and O–H groups in total. The predicted molar refractivity (Wildman–Crippen MR) is 405 cm³/mol. The maximum absolute atomic E-state index is 14.5. The molecule has 10 atom stereocenters. The fourth-order valence-corrected chi connectivity index (χ4v) is 17.9. The molecule has 0 bridgehead atoms. The van der Waals surface area contributed by atoms with Gasteiger partial charge < -0.3 is 67.7 Å². The molecule has 16 rings (SSSR count). The van der Waals surface area contributed by atoms with E-state index in [1.54, 1.807) is 18.2 Å². The van der Waals surface area contributed by atoms with Gasteiger partial charge in [-0.1, -0.05) is 84.8 Å². The van der Waals surface area contributed by atoms with Crippen molar-refractivity contribution in [3.8, 4) is 18.0 Å². The number of rotatable bonds is 18. The van der Waals surface area contributed by atoms with Crippen LogP contribution in [0.4, 0.5) is 29.2 Å². The number of hydrogen-bond donors (Lipinski definition) is 1. The second-order valence-electron chi connectivity index (χ2n) is 30.8. The SMILES string of the molecule is CN1CCC[C@H]1COc1nc2c(c(N3CCCC[C@@H]3CO)n1)COC(c1ccccc1C(F)(F)F)C2.[C-]#[N+]C[C@@H]1CCCC(c2nc(OC[C@H]3CCCN3C)nc3c2COC(c2cccc4cccc(Cl)c24)C3)C1.[C-]#[N+]C[C@@H]1CCCN(c2nc(OC[C@@H]3CCCN3C)nc3c2COC(c2ccccc2F)C3)C1. The molecule has 8 aliphatic heterocycles. The number of likely N-dealkylation sites (tertiary alicyclic amines) is 3. The monoisotopic (exact) mass is 1500 g/mol. The summed E-state index contributed by atoms with van der Waals surface area (Å²) in [5.41, 5.74) is 7.53. The van der Waals surface area contributed by atoms with Gasteiger partial charge in [0, 0.05) is 107 Å². The molecule has 0 radical (unpaired) electrons. The molecular formula is C83H100ClF4N13O7. The number of piperidine rings is 2. The lowest BCUT2D eigenvalue weighted by Gasteiger charge is -2.38. The zero-order valence-corrected chi connectivity index (χ0v) is 63.0. The van der Waals surface area contributed by atoms with Crippen LogP contribution in [0.25, 0.3) is 20.5 Å². The Bertz CT molecular complexity index is 4330. The van der Waals surface area contributed by atoms with E-state index in [0.717, 1.165) is 190 Å². The third-order valence-corrected chi connectivity index (χ3v) is 24.1. The second kappa shape index (κ2) is 35.4. The van der Waals surface area contributed by atoms with Gasteiger partial charge in [0.25, 0.3) is 0 Å². The summed E-state index contributed by atoms with van der Waals surface area (Å²) < 4.78 is 92.7. The smallest absolute Gasteiger partial charge is 0.416 e. The van der Waals surface area contributed by atoms with Gasteiger partial charge in [0.05, 0.1) is 79.1 Å². The van der Waals surface area contributed by atoms with E-state index in [1.807, 2.05) is 18.2 Å². The Kier molecular flexibility index (Phi) is 25.2. The quantitative estimate of drug-likeness (QED) is 0.0633. The van der Waals surface area contributed by atoms with E-state index in [0.29, 0.717) is 118 Å². The zero-order chi connectivity index (χ0) is 74.8. The number of nitrogens with zero attached hydrogens (tertiary/aromatic N) is 13. The third-order valence-electron chi connectivity index (χ3n) is 23.8. The molecule has 0 amide bonds. The van der Waals surface area contributed by atoms with Crippen LogP contribution in [0.3, 0.4) is 0 Å². The molecular weight excluding hydrogens is 1400 g/mol. The topological polar surface area (TPSA) is 178 Å². The minimum absolute atomic E-state index is 0.00424. The van der Waals surface area contributed by atoms with Crippen LogP contribution in [-0.2, 0) is 59.5 Å². The molecule has 4 unspecified atom stereocenters. The molecule has 6 fully saturated rings. The lowest BCUT2D eigenvalue weighted by Crippen LogP contribution is -2.43. The highest BCUT2D eigenvalue weighted by Crippen LogP contribution is 2.46. The Morgan fingerprint density at radius 3 is 1.64 bits per heavy atom. The van der Waals surface area contributed by atoms with E-state index in [-0.39, 0.29) is 61.3 Å². The van der Waals surface area contributed by atoms with Crippen LogP contribution in [0.1, 0.15) is 182 Å². The summed E-state index contributed by atoms with van der Waals surface area (Å²) in [7, 11) is 6.36. The minimum Gasteiger partial charge on any atom is -0.462 e. The summed E-state index contributed by atoms with van der Waals surface area (Å²) in [6, 6.07) is 26.7. The Balaban J connectivity index is 0.000000136. The standard InChI is InChI=1S/C31H35ClN4O2.C26H33F3N4O3.C26H32FN5O2/c1-33-17-20-7-3-10-22(15-20)30-25-19-37-28(24-12-4-8-21-9-5-13-26(32)29(21)24)16-27(25)34-31(35-30)38-18-23-11-6-14-36(23)2;1-32-11-6-8-18(32)15-36-25-30-22-13-23(19-9-2-3-10-21(19)26(27,28)29)35-16-20(22)24(31-25)33-12-5-4-7-17(33)14-34;1-28-14-18-7-5-12-32(15-18)25-21-17-33-24(20-9-3-4-10-22(20)27)13-23(21)29-26(30-25)34-16-19-8-6-11-31(19)2/h4-5,8-9,12-13,20,22-23,28H,3,6-7,10-11,14-19H2,2H3;2-3,9-10,17-18,23,34H,4-8,11-16H2,1H3;3-4,9-10,18-19,24H,5-8,11-17H2,2H3/t20-,22?,23-,28?;17-,18+,23?;18-,19-,24?/m110/s1.